The first kappa shape index (κ1) is 11.2. The lowest BCUT2D eigenvalue weighted by molar-refractivity contribution is 0.197. The van der Waals surface area contributed by atoms with Crippen molar-refractivity contribution in [3.63, 3.8) is 0 Å². The van der Waals surface area contributed by atoms with E-state index in [-0.39, 0.29) is 0 Å². The second-order valence-electron chi connectivity index (χ2n) is 3.78. The highest BCUT2D eigenvalue weighted by Crippen LogP contribution is 2.26. The summed E-state index contributed by atoms with van der Waals surface area (Å²) in [6.45, 7) is 4.64. The third-order valence-electron chi connectivity index (χ3n) is 2.58. The van der Waals surface area contributed by atoms with Gasteiger partial charge in [0.2, 0.25) is 0 Å². The maximum absolute atomic E-state index is 9.59. The summed E-state index contributed by atoms with van der Waals surface area (Å²) < 4.78 is 0. The van der Waals surface area contributed by atoms with Crippen LogP contribution in [-0.4, -0.2) is 11.7 Å². The third-order valence-corrected chi connectivity index (χ3v) is 2.58. The van der Waals surface area contributed by atoms with E-state index in [1.165, 1.54) is 5.56 Å². The van der Waals surface area contributed by atoms with Gasteiger partial charge in [-0.15, -0.1) is 0 Å². The van der Waals surface area contributed by atoms with Crippen molar-refractivity contribution in [1.29, 1.82) is 0 Å². The van der Waals surface area contributed by atoms with Crippen LogP contribution in [0.5, 0.6) is 0 Å². The quantitative estimate of drug-likeness (QED) is 0.770. The topological polar surface area (TPSA) is 46.2 Å². The van der Waals surface area contributed by atoms with Crippen LogP contribution < -0.4 is 5.73 Å². The summed E-state index contributed by atoms with van der Waals surface area (Å²) in [4.78, 5) is 0. The van der Waals surface area contributed by atoms with E-state index in [0.717, 1.165) is 12.0 Å². The lowest BCUT2D eigenvalue weighted by Crippen LogP contribution is -2.07. The summed E-state index contributed by atoms with van der Waals surface area (Å²) in [5.41, 5.74) is 7.77. The van der Waals surface area contributed by atoms with Gasteiger partial charge in [-0.25, -0.2) is 0 Å². The average Bonchev–Trinajstić information content (AvgIpc) is 2.18. The SMILES string of the molecule is CC(O)c1ccccc1C(C)CCN. The largest absolute Gasteiger partial charge is 0.389 e. The molecule has 0 amide bonds. The number of hydrogen-bond acceptors (Lipinski definition) is 2. The second-order valence-corrected chi connectivity index (χ2v) is 3.78. The standard InChI is InChI=1S/C12H19NO/c1-9(7-8-13)11-5-3-4-6-12(11)10(2)14/h3-6,9-10,14H,7-8,13H2,1-2H3. The summed E-state index contributed by atoms with van der Waals surface area (Å²) in [5, 5.41) is 9.59. The Morgan fingerprint density at radius 3 is 2.29 bits per heavy atom. The number of aliphatic hydroxyl groups excluding tert-OH is 1. The van der Waals surface area contributed by atoms with Crippen LogP contribution in [0.15, 0.2) is 24.3 Å². The highest BCUT2D eigenvalue weighted by atomic mass is 16.3. The summed E-state index contributed by atoms with van der Waals surface area (Å²) >= 11 is 0. The fourth-order valence-electron chi connectivity index (χ4n) is 1.75. The molecule has 1 rings (SSSR count). The molecule has 0 fully saturated rings. The monoisotopic (exact) mass is 193 g/mol. The van der Waals surface area contributed by atoms with Gasteiger partial charge in [-0.3, -0.25) is 0 Å². The fourth-order valence-corrected chi connectivity index (χ4v) is 1.75. The van der Waals surface area contributed by atoms with Crippen LogP contribution in [0.1, 0.15) is 43.4 Å². The van der Waals surface area contributed by atoms with Crippen molar-refractivity contribution in [2.75, 3.05) is 6.54 Å². The molecule has 0 aliphatic heterocycles. The van der Waals surface area contributed by atoms with Crippen molar-refractivity contribution in [3.8, 4) is 0 Å². The van der Waals surface area contributed by atoms with Crippen molar-refractivity contribution in [1.82, 2.24) is 0 Å². The zero-order chi connectivity index (χ0) is 10.6. The number of rotatable bonds is 4. The zero-order valence-corrected chi connectivity index (χ0v) is 8.90. The van der Waals surface area contributed by atoms with Crippen molar-refractivity contribution in [3.05, 3.63) is 35.4 Å². The zero-order valence-electron chi connectivity index (χ0n) is 8.90. The molecule has 2 atom stereocenters. The molecular weight excluding hydrogens is 174 g/mol. The third kappa shape index (κ3) is 2.56. The Labute approximate surface area is 85.8 Å². The van der Waals surface area contributed by atoms with Crippen molar-refractivity contribution >= 4 is 0 Å². The molecule has 2 heteroatoms. The first-order chi connectivity index (χ1) is 6.66. The molecule has 0 saturated heterocycles. The molecule has 0 bridgehead atoms. The van der Waals surface area contributed by atoms with Crippen molar-refractivity contribution < 1.29 is 5.11 Å². The minimum Gasteiger partial charge on any atom is -0.389 e. The van der Waals surface area contributed by atoms with E-state index in [1.807, 2.05) is 18.2 Å². The molecule has 0 aliphatic carbocycles. The van der Waals surface area contributed by atoms with E-state index < -0.39 is 6.10 Å². The van der Waals surface area contributed by atoms with E-state index in [4.69, 9.17) is 5.73 Å². The van der Waals surface area contributed by atoms with E-state index in [0.29, 0.717) is 12.5 Å². The van der Waals surface area contributed by atoms with E-state index in [9.17, 15) is 5.11 Å². The Balaban J connectivity index is 2.94. The van der Waals surface area contributed by atoms with Gasteiger partial charge in [0.05, 0.1) is 6.10 Å². The van der Waals surface area contributed by atoms with Crippen LogP contribution in [0.25, 0.3) is 0 Å². The van der Waals surface area contributed by atoms with Gasteiger partial charge in [0.15, 0.2) is 0 Å². The number of hydrogen-bond donors (Lipinski definition) is 2. The Kier molecular flexibility index (Phi) is 4.11. The number of aliphatic hydroxyl groups is 1. The Morgan fingerprint density at radius 2 is 1.79 bits per heavy atom. The predicted molar refractivity (Wildman–Crippen MR) is 59.2 cm³/mol. The first-order valence-corrected chi connectivity index (χ1v) is 5.13. The van der Waals surface area contributed by atoms with Gasteiger partial charge in [0, 0.05) is 0 Å². The molecule has 0 saturated carbocycles. The van der Waals surface area contributed by atoms with Crippen LogP contribution in [0.2, 0.25) is 0 Å². The molecule has 3 N–H and O–H groups in total. The molecule has 78 valence electrons. The maximum Gasteiger partial charge on any atom is 0.0764 e. The lowest BCUT2D eigenvalue weighted by atomic mass is 9.91. The molecule has 1 aromatic rings. The Bertz CT molecular complexity index is 283. The Hall–Kier alpha value is -0.860. The summed E-state index contributed by atoms with van der Waals surface area (Å²) in [6.07, 6.45) is 0.565. The van der Waals surface area contributed by atoms with E-state index in [1.54, 1.807) is 6.92 Å². The second kappa shape index (κ2) is 5.13. The highest BCUT2D eigenvalue weighted by Gasteiger charge is 2.12. The maximum atomic E-state index is 9.59. The predicted octanol–water partition coefficient (Wildman–Crippen LogP) is 2.19. The molecule has 2 nitrogen and oxygen atoms in total. The van der Waals surface area contributed by atoms with Gasteiger partial charge in [-0.2, -0.15) is 0 Å². The minimum absolute atomic E-state index is 0.397. The first-order valence-electron chi connectivity index (χ1n) is 5.13. The van der Waals surface area contributed by atoms with Gasteiger partial charge in [-0.1, -0.05) is 31.2 Å². The molecular formula is C12H19NO. The van der Waals surface area contributed by atoms with E-state index >= 15 is 0 Å². The van der Waals surface area contributed by atoms with Gasteiger partial charge in [-0.05, 0) is 36.9 Å². The summed E-state index contributed by atoms with van der Waals surface area (Å²) in [7, 11) is 0. The van der Waals surface area contributed by atoms with Crippen LogP contribution in [-0.2, 0) is 0 Å². The normalized spacial score (nSPS) is 15.1. The lowest BCUT2D eigenvalue weighted by Gasteiger charge is -2.17. The highest BCUT2D eigenvalue weighted by molar-refractivity contribution is 5.31. The molecule has 0 heterocycles. The van der Waals surface area contributed by atoms with Crippen LogP contribution in [0.4, 0.5) is 0 Å². The number of benzene rings is 1. The summed E-state index contributed by atoms with van der Waals surface area (Å²) in [5.74, 6) is 0.422. The van der Waals surface area contributed by atoms with Crippen molar-refractivity contribution in [2.45, 2.75) is 32.3 Å². The average molecular weight is 193 g/mol. The molecule has 14 heavy (non-hydrogen) atoms. The van der Waals surface area contributed by atoms with Crippen LogP contribution in [0, 0.1) is 0 Å². The molecule has 0 radical (unpaired) electrons. The molecule has 0 aromatic heterocycles. The fraction of sp³-hybridized carbons (Fsp3) is 0.500. The van der Waals surface area contributed by atoms with Gasteiger partial charge < -0.3 is 10.8 Å². The molecule has 2 unspecified atom stereocenters. The molecule has 0 spiro atoms. The smallest absolute Gasteiger partial charge is 0.0764 e. The van der Waals surface area contributed by atoms with Gasteiger partial charge in [0.25, 0.3) is 0 Å². The van der Waals surface area contributed by atoms with Crippen LogP contribution >= 0.6 is 0 Å². The minimum atomic E-state index is -0.397. The van der Waals surface area contributed by atoms with Gasteiger partial charge >= 0.3 is 0 Å². The summed E-state index contributed by atoms with van der Waals surface area (Å²) in [6, 6.07) is 8.02. The Morgan fingerprint density at radius 1 is 1.21 bits per heavy atom. The molecule has 1 aromatic carbocycles. The number of nitrogens with two attached hydrogens (primary N) is 1. The van der Waals surface area contributed by atoms with E-state index in [2.05, 4.69) is 13.0 Å². The van der Waals surface area contributed by atoms with Crippen LogP contribution in [0.3, 0.4) is 0 Å². The molecule has 0 aliphatic rings. The van der Waals surface area contributed by atoms with Gasteiger partial charge in [0.1, 0.15) is 0 Å². The van der Waals surface area contributed by atoms with Crippen molar-refractivity contribution in [2.24, 2.45) is 5.73 Å².